The van der Waals surface area contributed by atoms with Gasteiger partial charge < -0.3 is 9.88 Å². The molecule has 5 rings (SSSR count). The average molecular weight is 474 g/mol. The van der Waals surface area contributed by atoms with Crippen LogP contribution in [0.2, 0.25) is 0 Å². The highest BCUT2D eigenvalue weighted by Crippen LogP contribution is 2.40. The number of amides is 1. The lowest BCUT2D eigenvalue weighted by Crippen LogP contribution is -2.36. The maximum Gasteiger partial charge on any atom is 0.254 e. The monoisotopic (exact) mass is 473 g/mol. The van der Waals surface area contributed by atoms with Gasteiger partial charge in [-0.15, -0.1) is 11.3 Å². The van der Waals surface area contributed by atoms with E-state index in [9.17, 15) is 4.79 Å². The molecular formula is C29H35N3OS. The van der Waals surface area contributed by atoms with Crippen molar-refractivity contribution in [2.45, 2.75) is 84.6 Å². The summed E-state index contributed by atoms with van der Waals surface area (Å²) in [5, 5.41) is 4.23. The molecule has 3 aromatic rings. The van der Waals surface area contributed by atoms with Crippen LogP contribution in [0.25, 0.3) is 5.69 Å². The van der Waals surface area contributed by atoms with E-state index in [1.807, 2.05) is 6.21 Å². The molecule has 1 aromatic carbocycles. The van der Waals surface area contributed by atoms with Gasteiger partial charge in [0.1, 0.15) is 5.00 Å². The second-order valence-corrected chi connectivity index (χ2v) is 11.0. The number of carbonyl (C=O) groups excluding carboxylic acids is 1. The lowest BCUT2D eigenvalue weighted by Gasteiger charge is -2.23. The SMILES string of the molecule is Cc1ccc(-n2c(C)cc(C=Nc3sc4c(c3C(=O)NC3CCCCC3)CCCC4)c2C)cc1. The van der Waals surface area contributed by atoms with Gasteiger partial charge in [-0.2, -0.15) is 0 Å². The maximum absolute atomic E-state index is 13.4. The summed E-state index contributed by atoms with van der Waals surface area (Å²) in [7, 11) is 0. The number of hydrogen-bond acceptors (Lipinski definition) is 3. The summed E-state index contributed by atoms with van der Waals surface area (Å²) in [6, 6.07) is 11.1. The van der Waals surface area contributed by atoms with E-state index in [-0.39, 0.29) is 5.91 Å². The van der Waals surface area contributed by atoms with Gasteiger partial charge in [-0.3, -0.25) is 4.79 Å². The molecule has 2 heterocycles. The van der Waals surface area contributed by atoms with E-state index in [1.165, 1.54) is 58.8 Å². The van der Waals surface area contributed by atoms with Gasteiger partial charge in [0.05, 0.1) is 5.56 Å². The molecule has 0 bridgehead atoms. The number of aryl methyl sites for hydroxylation is 3. The van der Waals surface area contributed by atoms with Crippen LogP contribution in [-0.4, -0.2) is 22.7 Å². The van der Waals surface area contributed by atoms with Gasteiger partial charge in [0.25, 0.3) is 5.91 Å². The number of fused-ring (bicyclic) bond motifs is 1. The molecule has 1 saturated carbocycles. The van der Waals surface area contributed by atoms with Crippen LogP contribution < -0.4 is 5.32 Å². The van der Waals surface area contributed by atoms with E-state index in [0.29, 0.717) is 6.04 Å². The summed E-state index contributed by atoms with van der Waals surface area (Å²) in [4.78, 5) is 19.7. The van der Waals surface area contributed by atoms with E-state index in [1.54, 1.807) is 11.3 Å². The zero-order valence-corrected chi connectivity index (χ0v) is 21.4. The molecule has 178 valence electrons. The molecular weight excluding hydrogens is 438 g/mol. The molecule has 0 unspecified atom stereocenters. The highest BCUT2D eigenvalue weighted by atomic mass is 32.1. The number of thiophene rings is 1. The summed E-state index contributed by atoms with van der Waals surface area (Å²) in [5.41, 5.74) is 7.97. The Morgan fingerprint density at radius 1 is 1.03 bits per heavy atom. The Labute approximate surface area is 207 Å². The average Bonchev–Trinajstić information content (AvgIpc) is 3.35. The number of nitrogens with one attached hydrogen (secondary N) is 1. The number of benzene rings is 1. The van der Waals surface area contributed by atoms with Crippen LogP contribution in [0.15, 0.2) is 35.3 Å². The molecule has 1 N–H and O–H groups in total. The second kappa shape index (κ2) is 9.91. The van der Waals surface area contributed by atoms with Crippen molar-refractivity contribution in [3.63, 3.8) is 0 Å². The molecule has 0 spiro atoms. The lowest BCUT2D eigenvalue weighted by atomic mass is 9.93. The Hall–Kier alpha value is -2.66. The van der Waals surface area contributed by atoms with Crippen molar-refractivity contribution >= 4 is 28.5 Å². The van der Waals surface area contributed by atoms with Crippen molar-refractivity contribution in [2.75, 3.05) is 0 Å². The number of carbonyl (C=O) groups is 1. The van der Waals surface area contributed by atoms with E-state index in [4.69, 9.17) is 4.99 Å². The van der Waals surface area contributed by atoms with Gasteiger partial charge in [-0.05, 0) is 83.1 Å². The van der Waals surface area contributed by atoms with Gasteiger partial charge in [-0.25, -0.2) is 4.99 Å². The number of aliphatic imine (C=N–C) groups is 1. The Bertz CT molecular complexity index is 1210. The van der Waals surface area contributed by atoms with Crippen molar-refractivity contribution in [1.82, 2.24) is 9.88 Å². The molecule has 1 fully saturated rings. The second-order valence-electron chi connectivity index (χ2n) is 9.96. The summed E-state index contributed by atoms with van der Waals surface area (Å²) < 4.78 is 2.27. The van der Waals surface area contributed by atoms with Crippen LogP contribution in [0.5, 0.6) is 0 Å². The van der Waals surface area contributed by atoms with Crippen molar-refractivity contribution in [3.05, 3.63) is 68.9 Å². The van der Waals surface area contributed by atoms with Gasteiger partial charge in [0.15, 0.2) is 0 Å². The fraction of sp³-hybridized carbons (Fsp3) is 0.448. The van der Waals surface area contributed by atoms with E-state index >= 15 is 0 Å². The largest absolute Gasteiger partial charge is 0.349 e. The first-order valence-electron chi connectivity index (χ1n) is 12.8. The molecule has 2 aromatic heterocycles. The van der Waals surface area contributed by atoms with Crippen LogP contribution in [-0.2, 0) is 12.8 Å². The fourth-order valence-corrected chi connectivity index (χ4v) is 6.75. The molecule has 0 saturated heterocycles. The molecule has 5 heteroatoms. The standard InChI is InChI=1S/C29H35N3OS/c1-19-13-15-24(16-14-19)32-20(2)17-22(21(32)3)18-30-29-27(25-11-7-8-12-26(25)34-29)28(33)31-23-9-5-4-6-10-23/h13-18,23H,4-12H2,1-3H3,(H,31,33). The van der Waals surface area contributed by atoms with Crippen molar-refractivity contribution in [2.24, 2.45) is 4.99 Å². The van der Waals surface area contributed by atoms with Crippen LogP contribution in [0, 0.1) is 20.8 Å². The highest BCUT2D eigenvalue weighted by molar-refractivity contribution is 7.16. The third-order valence-electron chi connectivity index (χ3n) is 7.40. The van der Waals surface area contributed by atoms with E-state index in [0.717, 1.165) is 48.2 Å². The van der Waals surface area contributed by atoms with Gasteiger partial charge >= 0.3 is 0 Å². The molecule has 4 nitrogen and oxygen atoms in total. The van der Waals surface area contributed by atoms with Crippen LogP contribution in [0.4, 0.5) is 5.00 Å². The Morgan fingerprint density at radius 2 is 1.76 bits per heavy atom. The predicted molar refractivity (Wildman–Crippen MR) is 143 cm³/mol. The van der Waals surface area contributed by atoms with Crippen molar-refractivity contribution in [3.8, 4) is 5.69 Å². The predicted octanol–water partition coefficient (Wildman–Crippen LogP) is 7.16. The minimum absolute atomic E-state index is 0.0866. The summed E-state index contributed by atoms with van der Waals surface area (Å²) in [6.07, 6.45) is 12.3. The summed E-state index contributed by atoms with van der Waals surface area (Å²) in [5.74, 6) is 0.0866. The molecule has 0 radical (unpaired) electrons. The third-order valence-corrected chi connectivity index (χ3v) is 8.60. The van der Waals surface area contributed by atoms with Crippen LogP contribution in [0.3, 0.4) is 0 Å². The zero-order chi connectivity index (χ0) is 23.7. The third kappa shape index (κ3) is 4.63. The Kier molecular flexibility index (Phi) is 6.73. The number of hydrogen-bond donors (Lipinski definition) is 1. The highest BCUT2D eigenvalue weighted by Gasteiger charge is 2.27. The molecule has 2 aliphatic carbocycles. The molecule has 0 atom stereocenters. The fourth-order valence-electron chi connectivity index (χ4n) is 5.52. The molecule has 0 aliphatic heterocycles. The first kappa shape index (κ1) is 23.1. The molecule has 1 amide bonds. The van der Waals surface area contributed by atoms with E-state index in [2.05, 4.69) is 61.0 Å². The van der Waals surface area contributed by atoms with Crippen molar-refractivity contribution < 1.29 is 4.79 Å². The maximum atomic E-state index is 13.4. The molecule has 34 heavy (non-hydrogen) atoms. The number of aromatic nitrogens is 1. The number of nitrogens with zero attached hydrogens (tertiary/aromatic N) is 2. The van der Waals surface area contributed by atoms with E-state index < -0.39 is 0 Å². The zero-order valence-electron chi connectivity index (χ0n) is 20.6. The minimum Gasteiger partial charge on any atom is -0.349 e. The molecule has 2 aliphatic rings. The normalized spacial score (nSPS) is 16.7. The Balaban J connectivity index is 1.46. The number of rotatable bonds is 5. The quantitative estimate of drug-likeness (QED) is 0.393. The Morgan fingerprint density at radius 3 is 2.53 bits per heavy atom. The topological polar surface area (TPSA) is 46.4 Å². The summed E-state index contributed by atoms with van der Waals surface area (Å²) >= 11 is 1.72. The van der Waals surface area contributed by atoms with Crippen LogP contribution in [0.1, 0.15) is 88.3 Å². The smallest absolute Gasteiger partial charge is 0.254 e. The lowest BCUT2D eigenvalue weighted by molar-refractivity contribution is 0.0927. The van der Waals surface area contributed by atoms with Crippen molar-refractivity contribution in [1.29, 1.82) is 0 Å². The summed E-state index contributed by atoms with van der Waals surface area (Å²) in [6.45, 7) is 6.39. The van der Waals surface area contributed by atoms with Gasteiger partial charge in [0, 0.05) is 39.8 Å². The first-order chi connectivity index (χ1) is 16.5. The van der Waals surface area contributed by atoms with Gasteiger partial charge in [-0.1, -0.05) is 37.0 Å². The minimum atomic E-state index is 0.0866. The first-order valence-corrected chi connectivity index (χ1v) is 13.6. The van der Waals surface area contributed by atoms with Gasteiger partial charge in [0.2, 0.25) is 0 Å². The van der Waals surface area contributed by atoms with Crippen LogP contribution >= 0.6 is 11.3 Å².